The summed E-state index contributed by atoms with van der Waals surface area (Å²) in [4.78, 5) is 23.6. The van der Waals surface area contributed by atoms with Gasteiger partial charge in [0.25, 0.3) is 11.5 Å². The number of carbonyl (C=O) groups is 1. The molecule has 0 atom stereocenters. The van der Waals surface area contributed by atoms with Gasteiger partial charge in [0, 0.05) is 34.5 Å². The zero-order valence-electron chi connectivity index (χ0n) is 10.9. The van der Waals surface area contributed by atoms with Gasteiger partial charge in [-0.05, 0) is 47.1 Å². The largest absolute Gasteiger partial charge is 0.398 e. The molecule has 0 fully saturated rings. The fraction of sp³-hybridized carbons (Fsp3) is 0.143. The summed E-state index contributed by atoms with van der Waals surface area (Å²) in [6, 6.07) is 7.99. The molecule has 0 aliphatic heterocycles. The normalized spacial score (nSPS) is 10.3. The van der Waals surface area contributed by atoms with E-state index < -0.39 is 0 Å². The lowest BCUT2D eigenvalue weighted by Gasteiger charge is -2.08. The maximum absolute atomic E-state index is 12.1. The molecule has 0 unspecified atom stereocenters. The molecular weight excluding hydrogens is 322 g/mol. The van der Waals surface area contributed by atoms with E-state index in [1.54, 1.807) is 30.5 Å². The third-order valence-corrected chi connectivity index (χ3v) is 3.56. The predicted molar refractivity (Wildman–Crippen MR) is 82.9 cm³/mol. The van der Waals surface area contributed by atoms with Gasteiger partial charge in [-0.15, -0.1) is 0 Å². The second kappa shape index (κ2) is 5.92. The highest BCUT2D eigenvalue weighted by Gasteiger charge is 2.08. The van der Waals surface area contributed by atoms with Crippen molar-refractivity contribution in [3.63, 3.8) is 0 Å². The summed E-state index contributed by atoms with van der Waals surface area (Å²) in [6.45, 7) is 2.41. The SMILES string of the molecule is CCn1cc(NC(=O)c2ccc(Br)c(N)c2)ccc1=O. The van der Waals surface area contributed by atoms with Gasteiger partial charge in [-0.2, -0.15) is 0 Å². The van der Waals surface area contributed by atoms with E-state index in [2.05, 4.69) is 21.2 Å². The highest BCUT2D eigenvalue weighted by atomic mass is 79.9. The second-order valence-electron chi connectivity index (χ2n) is 4.23. The van der Waals surface area contributed by atoms with Crippen LogP contribution in [0, 0.1) is 0 Å². The Morgan fingerprint density at radius 3 is 2.75 bits per heavy atom. The Bertz CT molecular complexity index is 710. The molecule has 0 saturated carbocycles. The molecule has 0 radical (unpaired) electrons. The van der Waals surface area contributed by atoms with Crippen LogP contribution in [0.4, 0.5) is 11.4 Å². The lowest BCUT2D eigenvalue weighted by molar-refractivity contribution is 0.102. The van der Waals surface area contributed by atoms with E-state index in [9.17, 15) is 9.59 Å². The molecule has 2 aromatic rings. The predicted octanol–water partition coefficient (Wildman–Crippen LogP) is 2.47. The van der Waals surface area contributed by atoms with Crippen molar-refractivity contribution in [3.05, 3.63) is 56.9 Å². The molecule has 0 aliphatic rings. The number of pyridine rings is 1. The number of nitrogen functional groups attached to an aromatic ring is 1. The number of nitrogens with zero attached hydrogens (tertiary/aromatic N) is 1. The number of hydrogen-bond acceptors (Lipinski definition) is 3. The molecular formula is C14H14BrN3O2. The first kappa shape index (κ1) is 14.3. The Hall–Kier alpha value is -2.08. The van der Waals surface area contributed by atoms with Crippen molar-refractivity contribution < 1.29 is 4.79 Å². The Balaban J connectivity index is 2.23. The van der Waals surface area contributed by atoms with Crippen LogP contribution in [0.3, 0.4) is 0 Å². The average molecular weight is 336 g/mol. The summed E-state index contributed by atoms with van der Waals surface area (Å²) in [5.74, 6) is -0.273. The number of nitrogens with two attached hydrogens (primary N) is 1. The highest BCUT2D eigenvalue weighted by molar-refractivity contribution is 9.10. The third kappa shape index (κ3) is 3.08. The van der Waals surface area contributed by atoms with E-state index in [0.717, 1.165) is 4.47 Å². The number of rotatable bonds is 3. The van der Waals surface area contributed by atoms with Crippen LogP contribution in [0.25, 0.3) is 0 Å². The molecule has 0 spiro atoms. The van der Waals surface area contributed by atoms with E-state index >= 15 is 0 Å². The maximum Gasteiger partial charge on any atom is 0.255 e. The lowest BCUT2D eigenvalue weighted by atomic mass is 10.2. The Morgan fingerprint density at radius 2 is 2.10 bits per heavy atom. The molecule has 0 bridgehead atoms. The summed E-state index contributed by atoms with van der Waals surface area (Å²) >= 11 is 3.28. The Morgan fingerprint density at radius 1 is 1.35 bits per heavy atom. The fourth-order valence-corrected chi connectivity index (χ4v) is 1.99. The van der Waals surface area contributed by atoms with Crippen molar-refractivity contribution in [3.8, 4) is 0 Å². The topological polar surface area (TPSA) is 77.1 Å². The van der Waals surface area contributed by atoms with Gasteiger partial charge in [0.15, 0.2) is 0 Å². The van der Waals surface area contributed by atoms with E-state index in [0.29, 0.717) is 23.5 Å². The van der Waals surface area contributed by atoms with Gasteiger partial charge in [-0.3, -0.25) is 9.59 Å². The molecule has 2 rings (SSSR count). The molecule has 1 aromatic carbocycles. The summed E-state index contributed by atoms with van der Waals surface area (Å²) in [5.41, 5.74) is 7.17. The minimum absolute atomic E-state index is 0.0987. The summed E-state index contributed by atoms with van der Waals surface area (Å²) in [5, 5.41) is 2.74. The molecule has 0 aliphatic carbocycles. The average Bonchev–Trinajstić information content (AvgIpc) is 2.43. The van der Waals surface area contributed by atoms with Gasteiger partial charge in [0.1, 0.15) is 0 Å². The smallest absolute Gasteiger partial charge is 0.255 e. The first-order valence-corrected chi connectivity index (χ1v) is 6.87. The summed E-state index contributed by atoms with van der Waals surface area (Å²) < 4.78 is 2.26. The molecule has 3 N–H and O–H groups in total. The molecule has 104 valence electrons. The van der Waals surface area contributed by atoms with Crippen molar-refractivity contribution in [2.75, 3.05) is 11.1 Å². The number of nitrogens with one attached hydrogen (secondary N) is 1. The van der Waals surface area contributed by atoms with Crippen LogP contribution in [-0.2, 0) is 6.54 Å². The van der Waals surface area contributed by atoms with Crippen LogP contribution < -0.4 is 16.6 Å². The van der Waals surface area contributed by atoms with Crippen LogP contribution in [0.2, 0.25) is 0 Å². The maximum atomic E-state index is 12.1. The first-order valence-electron chi connectivity index (χ1n) is 6.08. The van der Waals surface area contributed by atoms with Crippen LogP contribution in [0.1, 0.15) is 17.3 Å². The molecule has 5 nitrogen and oxygen atoms in total. The second-order valence-corrected chi connectivity index (χ2v) is 5.09. The van der Waals surface area contributed by atoms with E-state index in [1.165, 1.54) is 10.6 Å². The van der Waals surface area contributed by atoms with Crippen molar-refractivity contribution >= 4 is 33.2 Å². The van der Waals surface area contributed by atoms with Crippen LogP contribution >= 0.6 is 15.9 Å². The van der Waals surface area contributed by atoms with Gasteiger partial charge in [-0.25, -0.2) is 0 Å². The molecule has 0 saturated heterocycles. The monoisotopic (exact) mass is 335 g/mol. The first-order chi connectivity index (χ1) is 9.51. The van der Waals surface area contributed by atoms with Crippen LogP contribution in [-0.4, -0.2) is 10.5 Å². The van der Waals surface area contributed by atoms with Crippen LogP contribution in [0.15, 0.2) is 45.8 Å². The van der Waals surface area contributed by atoms with Crippen molar-refractivity contribution in [2.45, 2.75) is 13.5 Å². The molecule has 1 aromatic heterocycles. The number of benzene rings is 1. The Kier molecular flexibility index (Phi) is 4.24. The number of halogens is 1. The van der Waals surface area contributed by atoms with E-state index in [-0.39, 0.29) is 11.5 Å². The van der Waals surface area contributed by atoms with E-state index in [4.69, 9.17) is 5.73 Å². The van der Waals surface area contributed by atoms with Gasteiger partial charge >= 0.3 is 0 Å². The molecule has 20 heavy (non-hydrogen) atoms. The summed E-state index contributed by atoms with van der Waals surface area (Å²) in [6.07, 6.45) is 1.61. The standard InChI is InChI=1S/C14H14BrN3O2/c1-2-18-8-10(4-6-13(18)19)17-14(20)9-3-5-11(15)12(16)7-9/h3-8H,2,16H2,1H3,(H,17,20). The zero-order valence-corrected chi connectivity index (χ0v) is 12.5. The lowest BCUT2D eigenvalue weighted by Crippen LogP contribution is -2.19. The van der Waals surface area contributed by atoms with Gasteiger partial charge in [0.05, 0.1) is 5.69 Å². The van der Waals surface area contributed by atoms with Crippen molar-refractivity contribution in [2.24, 2.45) is 0 Å². The number of carbonyl (C=O) groups excluding carboxylic acids is 1. The highest BCUT2D eigenvalue weighted by Crippen LogP contribution is 2.20. The number of amides is 1. The van der Waals surface area contributed by atoms with Crippen LogP contribution in [0.5, 0.6) is 0 Å². The number of anilines is 2. The molecule has 1 heterocycles. The van der Waals surface area contributed by atoms with Gasteiger partial charge in [0.2, 0.25) is 0 Å². The zero-order chi connectivity index (χ0) is 14.7. The van der Waals surface area contributed by atoms with Crippen molar-refractivity contribution in [1.82, 2.24) is 4.57 Å². The minimum Gasteiger partial charge on any atom is -0.398 e. The van der Waals surface area contributed by atoms with E-state index in [1.807, 2.05) is 6.92 Å². The molecule has 6 heteroatoms. The number of hydrogen-bond donors (Lipinski definition) is 2. The summed E-state index contributed by atoms with van der Waals surface area (Å²) in [7, 11) is 0. The Labute approximate surface area is 124 Å². The van der Waals surface area contributed by atoms with Gasteiger partial charge < -0.3 is 15.6 Å². The fourth-order valence-electron chi connectivity index (χ4n) is 1.74. The third-order valence-electron chi connectivity index (χ3n) is 2.84. The van der Waals surface area contributed by atoms with Gasteiger partial charge in [-0.1, -0.05) is 0 Å². The number of aromatic nitrogens is 1. The minimum atomic E-state index is -0.273. The molecule has 1 amide bonds. The quantitative estimate of drug-likeness (QED) is 0.846. The van der Waals surface area contributed by atoms with Crippen molar-refractivity contribution in [1.29, 1.82) is 0 Å². The number of aryl methyl sites for hydroxylation is 1.